The predicted molar refractivity (Wildman–Crippen MR) is 109 cm³/mol. The molecule has 0 bridgehead atoms. The van der Waals surface area contributed by atoms with Gasteiger partial charge in [-0.3, -0.25) is 4.79 Å². The van der Waals surface area contributed by atoms with Crippen molar-refractivity contribution in [3.05, 3.63) is 83.7 Å². The molecule has 1 aliphatic rings. The molecule has 0 radical (unpaired) electrons. The van der Waals surface area contributed by atoms with Crippen LogP contribution in [0.25, 0.3) is 22.4 Å². The van der Waals surface area contributed by atoms with Crippen LogP contribution in [0.5, 0.6) is 0 Å². The summed E-state index contributed by atoms with van der Waals surface area (Å²) in [6, 6.07) is 14.8. The summed E-state index contributed by atoms with van der Waals surface area (Å²) >= 11 is 0. The quantitative estimate of drug-likeness (QED) is 0.506. The number of nitrogens with one attached hydrogen (secondary N) is 2. The van der Waals surface area contributed by atoms with Crippen molar-refractivity contribution in [1.82, 2.24) is 9.97 Å². The smallest absolute Gasteiger partial charge is 0.239 e. The zero-order valence-corrected chi connectivity index (χ0v) is 16.1. The van der Waals surface area contributed by atoms with Crippen LogP contribution < -0.4 is 5.32 Å². The van der Waals surface area contributed by atoms with Gasteiger partial charge in [-0.05, 0) is 29.8 Å². The number of nitrogens with zero attached hydrogens (tertiary/aromatic N) is 1. The lowest BCUT2D eigenvalue weighted by atomic mass is 9.77. The summed E-state index contributed by atoms with van der Waals surface area (Å²) in [7, 11) is 0. The first kappa shape index (κ1) is 19.3. The number of carbonyl (C=O) groups is 1. The fourth-order valence-electron chi connectivity index (χ4n) is 3.61. The highest BCUT2D eigenvalue weighted by molar-refractivity contribution is 6.00. The number of anilines is 1. The Morgan fingerprint density at radius 1 is 0.968 bits per heavy atom. The van der Waals surface area contributed by atoms with E-state index in [4.69, 9.17) is 4.74 Å². The second-order valence-electron chi connectivity index (χ2n) is 7.48. The van der Waals surface area contributed by atoms with Crippen molar-refractivity contribution in [2.24, 2.45) is 0 Å². The molecule has 8 heteroatoms. The molecule has 156 valence electrons. The van der Waals surface area contributed by atoms with Crippen molar-refractivity contribution < 1.29 is 22.7 Å². The summed E-state index contributed by atoms with van der Waals surface area (Å²) in [5, 5.41) is 2.81. The molecule has 0 unspecified atom stereocenters. The average molecular weight is 423 g/mol. The lowest BCUT2D eigenvalue weighted by molar-refractivity contribution is -0.139. The van der Waals surface area contributed by atoms with E-state index in [1.807, 2.05) is 0 Å². The first-order valence-corrected chi connectivity index (χ1v) is 9.55. The second-order valence-corrected chi connectivity index (χ2v) is 7.48. The minimum Gasteiger partial charge on any atom is -0.378 e. The Labute approximate surface area is 174 Å². The van der Waals surface area contributed by atoms with Gasteiger partial charge in [0, 0.05) is 23.4 Å². The third-order valence-electron chi connectivity index (χ3n) is 5.47. The molecule has 2 N–H and O–H groups in total. The summed E-state index contributed by atoms with van der Waals surface area (Å²) in [4.78, 5) is 20.2. The lowest BCUT2D eigenvalue weighted by Crippen LogP contribution is -2.55. The van der Waals surface area contributed by atoms with Crippen LogP contribution in [0.3, 0.4) is 0 Å². The third kappa shape index (κ3) is 3.34. The molecule has 2 heterocycles. The highest BCUT2D eigenvalue weighted by Gasteiger charge is 2.47. The first-order chi connectivity index (χ1) is 14.9. The van der Waals surface area contributed by atoms with Gasteiger partial charge in [-0.15, -0.1) is 0 Å². The normalized spacial score (nSPS) is 14.9. The van der Waals surface area contributed by atoms with Gasteiger partial charge in [0.25, 0.3) is 0 Å². The number of benzene rings is 3. The molecule has 3 aromatic carbocycles. The number of rotatable bonds is 4. The van der Waals surface area contributed by atoms with Gasteiger partial charge in [-0.25, -0.2) is 18.2 Å². The molecule has 0 aliphatic carbocycles. The number of hydrogen-bond donors (Lipinski definition) is 2. The van der Waals surface area contributed by atoms with Crippen molar-refractivity contribution in [2.45, 2.75) is 5.41 Å². The fraction of sp³-hybridized carbons (Fsp3) is 0.130. The molecule has 1 aliphatic heterocycles. The number of carbonyl (C=O) groups excluding carboxylic acids is 1. The van der Waals surface area contributed by atoms with Gasteiger partial charge >= 0.3 is 0 Å². The van der Waals surface area contributed by atoms with E-state index in [1.165, 1.54) is 24.3 Å². The monoisotopic (exact) mass is 423 g/mol. The van der Waals surface area contributed by atoms with E-state index in [2.05, 4.69) is 15.3 Å². The Morgan fingerprint density at radius 2 is 1.65 bits per heavy atom. The Hall–Kier alpha value is -3.65. The molecule has 31 heavy (non-hydrogen) atoms. The molecule has 5 nitrogen and oxygen atoms in total. The van der Waals surface area contributed by atoms with Crippen LogP contribution in [0, 0.1) is 17.5 Å². The van der Waals surface area contributed by atoms with Crippen molar-refractivity contribution >= 4 is 22.6 Å². The Morgan fingerprint density at radius 3 is 2.29 bits per heavy atom. The van der Waals surface area contributed by atoms with E-state index < -0.39 is 17.0 Å². The molecule has 1 amide bonds. The van der Waals surface area contributed by atoms with Gasteiger partial charge in [-0.1, -0.05) is 24.3 Å². The Bertz CT molecular complexity index is 1240. The van der Waals surface area contributed by atoms with Crippen molar-refractivity contribution in [3.63, 3.8) is 0 Å². The molecule has 1 aromatic heterocycles. The van der Waals surface area contributed by atoms with E-state index in [0.29, 0.717) is 28.1 Å². The number of hydrogen-bond acceptors (Lipinski definition) is 3. The third-order valence-corrected chi connectivity index (χ3v) is 5.47. The Kier molecular flexibility index (Phi) is 4.51. The molecule has 4 aromatic rings. The van der Waals surface area contributed by atoms with Gasteiger partial charge in [-0.2, -0.15) is 0 Å². The number of aromatic nitrogens is 2. The van der Waals surface area contributed by atoms with Crippen molar-refractivity contribution in [1.29, 1.82) is 0 Å². The van der Waals surface area contributed by atoms with Gasteiger partial charge in [0.1, 0.15) is 17.1 Å². The van der Waals surface area contributed by atoms with E-state index in [1.54, 1.807) is 24.3 Å². The first-order valence-electron chi connectivity index (χ1n) is 9.55. The number of fused-ring (bicyclic) bond motifs is 1. The maximum atomic E-state index is 13.5. The number of H-pyrrole nitrogens is 1. The number of amides is 1. The van der Waals surface area contributed by atoms with Crippen LogP contribution in [0.1, 0.15) is 5.56 Å². The topological polar surface area (TPSA) is 67.0 Å². The molecule has 1 saturated heterocycles. The molecular formula is C23H16F3N3O2. The van der Waals surface area contributed by atoms with E-state index in [9.17, 15) is 18.0 Å². The summed E-state index contributed by atoms with van der Waals surface area (Å²) in [6.45, 7) is 0.450. The summed E-state index contributed by atoms with van der Waals surface area (Å²) in [5.74, 6) is -2.07. The fourth-order valence-corrected chi connectivity index (χ4v) is 3.61. The second kappa shape index (κ2) is 7.24. The molecule has 1 fully saturated rings. The van der Waals surface area contributed by atoms with E-state index in [-0.39, 0.29) is 24.9 Å². The van der Waals surface area contributed by atoms with Gasteiger partial charge in [0.05, 0.1) is 24.2 Å². The molecule has 0 saturated carbocycles. The van der Waals surface area contributed by atoms with Gasteiger partial charge in [0.2, 0.25) is 5.91 Å². The number of imidazole rings is 1. The summed E-state index contributed by atoms with van der Waals surface area (Å²) < 4.78 is 45.3. The molecule has 5 rings (SSSR count). The summed E-state index contributed by atoms with van der Waals surface area (Å²) in [6.07, 6.45) is 0. The molecule has 0 spiro atoms. The molecular weight excluding hydrogens is 407 g/mol. The van der Waals surface area contributed by atoms with Crippen molar-refractivity contribution in [2.75, 3.05) is 18.5 Å². The Balaban J connectivity index is 1.41. The zero-order valence-electron chi connectivity index (χ0n) is 16.1. The van der Waals surface area contributed by atoms with Gasteiger partial charge in [0.15, 0.2) is 11.6 Å². The van der Waals surface area contributed by atoms with Crippen LogP contribution in [0.2, 0.25) is 0 Å². The maximum Gasteiger partial charge on any atom is 0.239 e. The average Bonchev–Trinajstić information content (AvgIpc) is 3.12. The largest absolute Gasteiger partial charge is 0.378 e. The minimum atomic E-state index is -0.958. The zero-order chi connectivity index (χ0) is 21.6. The standard InChI is InChI=1S/C23H16F3N3O2/c24-15-5-7-16(8-6-15)27-22(30)23(11-31-12-23)14-3-1-13(2-4-14)21-28-19-9-17(25)18(26)10-20(19)29-21/h1-10H,11-12H2,(H,27,30)(H,28,29). The highest BCUT2D eigenvalue weighted by atomic mass is 19.2. The number of ether oxygens (including phenoxy) is 1. The van der Waals surface area contributed by atoms with E-state index >= 15 is 0 Å². The van der Waals surface area contributed by atoms with Crippen LogP contribution in [0.4, 0.5) is 18.9 Å². The maximum absolute atomic E-state index is 13.5. The van der Waals surface area contributed by atoms with Gasteiger partial charge < -0.3 is 15.0 Å². The number of halogens is 3. The van der Waals surface area contributed by atoms with Crippen molar-refractivity contribution in [3.8, 4) is 11.4 Å². The molecule has 0 atom stereocenters. The number of aromatic amines is 1. The SMILES string of the molecule is O=C(Nc1ccc(F)cc1)C1(c2ccc(-c3nc4cc(F)c(F)cc4[nH]3)cc2)COC1. The van der Waals surface area contributed by atoms with Crippen LogP contribution in [0.15, 0.2) is 60.7 Å². The highest BCUT2D eigenvalue weighted by Crippen LogP contribution is 2.35. The van der Waals surface area contributed by atoms with Crippen LogP contribution >= 0.6 is 0 Å². The van der Waals surface area contributed by atoms with Crippen LogP contribution in [-0.2, 0) is 14.9 Å². The summed E-state index contributed by atoms with van der Waals surface area (Å²) in [5.41, 5.74) is 1.81. The lowest BCUT2D eigenvalue weighted by Gasteiger charge is -2.40. The van der Waals surface area contributed by atoms with E-state index in [0.717, 1.165) is 17.7 Å². The minimum absolute atomic E-state index is 0.225. The predicted octanol–water partition coefficient (Wildman–Crippen LogP) is 4.55. The van der Waals surface area contributed by atoms with Crippen LogP contribution in [-0.4, -0.2) is 29.1 Å².